The Hall–Kier alpha value is 3.62. The second-order valence-corrected chi connectivity index (χ2v) is 2.42. The van der Waals surface area contributed by atoms with Crippen molar-refractivity contribution in [2.24, 2.45) is 0 Å². The molecule has 2 N–H and O–H groups in total. The van der Waals surface area contributed by atoms with Crippen LogP contribution in [0.1, 0.15) is 12.8 Å². The standard InChI is InChI=1S/C6H8O7.ClH.5Na.H2O/c7-3(8)1-6(13,5(11)12)2-4(9)10;;;;;;;/h13H,1-2H2,(H,7,8)(H,9,10)(H,11,12);1H;;;;;;1H2/q;;5*+1;/p-5. The maximum atomic E-state index is 10.1. The summed E-state index contributed by atoms with van der Waals surface area (Å²) in [5, 5.41) is 38.9. The van der Waals surface area contributed by atoms with Crippen molar-refractivity contribution >= 4 is 17.9 Å². The topological polar surface area (TPSA) is 171 Å². The summed E-state index contributed by atoms with van der Waals surface area (Å²) in [5.41, 5.74) is -2.97. The number of aliphatic carboxylic acids is 3. The number of hydrogen-bond donors (Lipinski definition) is 1. The fourth-order valence-electron chi connectivity index (χ4n) is 0.684. The largest absolute Gasteiger partial charge is 1.00 e. The summed E-state index contributed by atoms with van der Waals surface area (Å²) in [6.07, 6.45) is -2.72. The number of halogens is 1. The SMILES string of the molecule is O=C([O-])CC(O)(CC(=O)[O-])C(=O)[O-].[Cl-].[Na+].[Na+].[Na+].[Na+].[Na+].[OH-]. The van der Waals surface area contributed by atoms with Crippen LogP contribution >= 0.6 is 0 Å². The molecule has 14 heteroatoms. The van der Waals surface area contributed by atoms with Gasteiger partial charge in [0, 0.05) is 24.8 Å². The fourth-order valence-corrected chi connectivity index (χ4v) is 0.684. The molecule has 0 radical (unpaired) electrons. The molecule has 0 aromatic heterocycles. The second kappa shape index (κ2) is 24.9. The minimum absolute atomic E-state index is 0. The van der Waals surface area contributed by atoms with Gasteiger partial charge in [-0.1, -0.05) is 0 Å². The number of carbonyl (C=O) groups excluding carboxylic acids is 3. The van der Waals surface area contributed by atoms with Gasteiger partial charge in [-0.05, 0) is 0 Å². The van der Waals surface area contributed by atoms with Crippen LogP contribution in [-0.4, -0.2) is 34.1 Å². The predicted octanol–water partition coefficient (Wildman–Crippen LogP) is -23.4. The maximum Gasteiger partial charge on any atom is 1.00 e. The molecule has 0 heterocycles. The monoisotopic (exact) mass is 356 g/mol. The zero-order chi connectivity index (χ0) is 10.6. The Balaban J connectivity index is -0.0000000343. The number of rotatable bonds is 5. The first-order valence-corrected chi connectivity index (χ1v) is 3.11. The number of carbonyl (C=O) groups is 3. The normalized spacial score (nSPS) is 7.05. The molecule has 0 aliphatic carbocycles. The van der Waals surface area contributed by atoms with E-state index in [1.54, 1.807) is 0 Å². The first-order valence-electron chi connectivity index (χ1n) is 3.11. The van der Waals surface area contributed by atoms with E-state index in [0.29, 0.717) is 0 Å². The molecule has 0 bridgehead atoms. The second-order valence-electron chi connectivity index (χ2n) is 2.42. The zero-order valence-electron chi connectivity index (χ0n) is 12.1. The van der Waals surface area contributed by atoms with Crippen molar-refractivity contribution in [2.75, 3.05) is 0 Å². The third-order valence-corrected chi connectivity index (χ3v) is 1.25. The number of carboxylic acids is 3. The molecule has 0 spiro atoms. The van der Waals surface area contributed by atoms with Crippen LogP contribution in [0.3, 0.4) is 0 Å². The molecule has 8 nitrogen and oxygen atoms in total. The Morgan fingerprint density at radius 2 is 1.00 bits per heavy atom. The van der Waals surface area contributed by atoms with Gasteiger partial charge in [0.1, 0.15) is 5.60 Å². The van der Waals surface area contributed by atoms with Crippen molar-refractivity contribution in [3.8, 4) is 0 Å². The van der Waals surface area contributed by atoms with Gasteiger partial charge in [-0.2, -0.15) is 0 Å². The van der Waals surface area contributed by atoms with Crippen molar-refractivity contribution in [1.82, 2.24) is 0 Å². The molecule has 0 saturated heterocycles. The van der Waals surface area contributed by atoms with Crippen LogP contribution in [0.5, 0.6) is 0 Å². The summed E-state index contributed by atoms with van der Waals surface area (Å²) in [6.45, 7) is 0. The average Bonchev–Trinajstić information content (AvgIpc) is 1.82. The van der Waals surface area contributed by atoms with Crippen LogP contribution in [0.2, 0.25) is 0 Å². The van der Waals surface area contributed by atoms with E-state index >= 15 is 0 Å². The smallest absolute Gasteiger partial charge is 1.00 e. The van der Waals surface area contributed by atoms with Crippen molar-refractivity contribution in [1.29, 1.82) is 0 Å². The van der Waals surface area contributed by atoms with Crippen molar-refractivity contribution in [2.45, 2.75) is 18.4 Å². The molecule has 0 unspecified atom stereocenters. The fraction of sp³-hybridized carbons (Fsp3) is 0.500. The van der Waals surface area contributed by atoms with Crippen LogP contribution in [0.25, 0.3) is 0 Å². The molecule has 0 fully saturated rings. The summed E-state index contributed by atoms with van der Waals surface area (Å²) in [4.78, 5) is 30.0. The summed E-state index contributed by atoms with van der Waals surface area (Å²) in [5.74, 6) is -5.98. The minimum Gasteiger partial charge on any atom is -1.00 e. The molecule has 0 amide bonds. The van der Waals surface area contributed by atoms with Gasteiger partial charge in [0.15, 0.2) is 0 Å². The zero-order valence-corrected chi connectivity index (χ0v) is 22.9. The summed E-state index contributed by atoms with van der Waals surface area (Å²) >= 11 is 0. The molecule has 0 atom stereocenters. The van der Waals surface area contributed by atoms with Gasteiger partial charge in [0.25, 0.3) is 0 Å². The van der Waals surface area contributed by atoms with Crippen molar-refractivity contribution in [3.63, 3.8) is 0 Å². The van der Waals surface area contributed by atoms with Crippen LogP contribution < -0.4 is 176 Å². The van der Waals surface area contributed by atoms with Gasteiger partial charge in [0.05, 0.1) is 5.97 Å². The quantitative estimate of drug-likeness (QED) is 0.473. The maximum absolute atomic E-state index is 10.1. The van der Waals surface area contributed by atoms with E-state index < -0.39 is 36.4 Å². The molecular weight excluding hydrogens is 350 g/mol. The van der Waals surface area contributed by atoms with Gasteiger partial charge < -0.3 is 52.7 Å². The Morgan fingerprint density at radius 3 is 1.10 bits per heavy atom. The Kier molecular flexibility index (Phi) is 61.6. The first-order chi connectivity index (χ1) is 5.78. The molecule has 0 rings (SSSR count). The van der Waals surface area contributed by atoms with Crippen LogP contribution in [0, 0.1) is 0 Å². The van der Waals surface area contributed by atoms with Gasteiger partial charge in [-0.25, -0.2) is 0 Å². The van der Waals surface area contributed by atoms with E-state index in [0.717, 1.165) is 0 Å². The van der Waals surface area contributed by atoms with Gasteiger partial charge >= 0.3 is 148 Å². The predicted molar refractivity (Wildman–Crippen MR) is 31.1 cm³/mol. The molecule has 0 aliphatic heterocycles. The van der Waals surface area contributed by atoms with E-state index in [1.165, 1.54) is 0 Å². The average molecular weight is 357 g/mol. The molecular formula is C6H6ClNa5O8. The number of hydrogen-bond acceptors (Lipinski definition) is 8. The molecule has 90 valence electrons. The molecule has 0 aliphatic rings. The van der Waals surface area contributed by atoms with Crippen LogP contribution in [-0.2, 0) is 14.4 Å². The van der Waals surface area contributed by atoms with Gasteiger partial charge in [-0.15, -0.1) is 0 Å². The summed E-state index contributed by atoms with van der Waals surface area (Å²) < 4.78 is 0. The van der Waals surface area contributed by atoms with E-state index in [1.807, 2.05) is 0 Å². The van der Waals surface area contributed by atoms with Crippen molar-refractivity contribution < 1.29 is 200 Å². The first kappa shape index (κ1) is 49.5. The van der Waals surface area contributed by atoms with E-state index in [4.69, 9.17) is 5.11 Å². The Bertz CT molecular complexity index is 250. The third-order valence-electron chi connectivity index (χ3n) is 1.25. The summed E-state index contributed by atoms with van der Waals surface area (Å²) in [6, 6.07) is 0. The Morgan fingerprint density at radius 1 is 0.800 bits per heavy atom. The molecule has 0 saturated carbocycles. The van der Waals surface area contributed by atoms with Crippen LogP contribution in [0.4, 0.5) is 0 Å². The van der Waals surface area contributed by atoms with Crippen molar-refractivity contribution in [3.05, 3.63) is 0 Å². The third kappa shape index (κ3) is 23.9. The Labute approximate surface area is 232 Å². The van der Waals surface area contributed by atoms with E-state index in [-0.39, 0.29) is 166 Å². The number of aliphatic hydroxyl groups is 1. The molecule has 20 heavy (non-hydrogen) atoms. The molecule has 0 aromatic carbocycles. The summed E-state index contributed by atoms with van der Waals surface area (Å²) in [7, 11) is 0. The van der Waals surface area contributed by atoms with Gasteiger partial charge in [0.2, 0.25) is 0 Å². The minimum atomic E-state index is -2.97. The van der Waals surface area contributed by atoms with Crippen LogP contribution in [0.15, 0.2) is 0 Å². The van der Waals surface area contributed by atoms with E-state index in [2.05, 4.69) is 0 Å². The number of carboxylic acid groups (broad SMARTS) is 3. The van der Waals surface area contributed by atoms with E-state index in [9.17, 15) is 29.7 Å². The molecule has 0 aromatic rings. The van der Waals surface area contributed by atoms with Gasteiger partial charge in [-0.3, -0.25) is 0 Å².